The molecule has 92 valence electrons. The third-order valence-electron chi connectivity index (χ3n) is 2.08. The van der Waals surface area contributed by atoms with Crippen molar-refractivity contribution >= 4 is 22.4 Å². The fourth-order valence-electron chi connectivity index (χ4n) is 1.32. The number of carbonyl (C=O) groups excluding carboxylic acids is 1. The molecule has 6 heteroatoms. The first kappa shape index (κ1) is 12.4. The number of aromatic nitrogens is 2. The van der Waals surface area contributed by atoms with Crippen molar-refractivity contribution in [2.24, 2.45) is 0 Å². The number of benzene rings is 1. The Hall–Kier alpha value is -2.08. The SMILES string of the molecule is C/C=C/C(=O)Nc1nnc(-c2ccccc2F)s1. The fraction of sp³-hybridized carbons (Fsp3) is 0.0833. The Kier molecular flexibility index (Phi) is 3.78. The molecule has 4 nitrogen and oxygen atoms in total. The summed E-state index contributed by atoms with van der Waals surface area (Å²) in [4.78, 5) is 11.3. The molecule has 0 fully saturated rings. The van der Waals surface area contributed by atoms with Crippen LogP contribution in [0.1, 0.15) is 6.92 Å². The zero-order valence-electron chi connectivity index (χ0n) is 9.55. The molecule has 1 aromatic carbocycles. The Labute approximate surface area is 107 Å². The Morgan fingerprint density at radius 2 is 2.17 bits per heavy atom. The zero-order valence-corrected chi connectivity index (χ0v) is 10.4. The molecule has 0 aliphatic carbocycles. The predicted molar refractivity (Wildman–Crippen MR) is 68.7 cm³/mol. The van der Waals surface area contributed by atoms with Crippen molar-refractivity contribution < 1.29 is 9.18 Å². The Morgan fingerprint density at radius 3 is 2.89 bits per heavy atom. The van der Waals surface area contributed by atoms with Crippen LogP contribution in [0.5, 0.6) is 0 Å². The minimum atomic E-state index is -0.361. The number of hydrogen-bond donors (Lipinski definition) is 1. The van der Waals surface area contributed by atoms with Crippen molar-refractivity contribution in [3.63, 3.8) is 0 Å². The number of halogens is 1. The largest absolute Gasteiger partial charge is 0.297 e. The van der Waals surface area contributed by atoms with Gasteiger partial charge >= 0.3 is 0 Å². The van der Waals surface area contributed by atoms with Gasteiger partial charge in [0, 0.05) is 5.56 Å². The van der Waals surface area contributed by atoms with Crippen molar-refractivity contribution in [2.75, 3.05) is 5.32 Å². The van der Waals surface area contributed by atoms with Crippen molar-refractivity contribution in [2.45, 2.75) is 6.92 Å². The molecule has 0 spiro atoms. The Morgan fingerprint density at radius 1 is 1.39 bits per heavy atom. The minimum Gasteiger partial charge on any atom is -0.297 e. The van der Waals surface area contributed by atoms with E-state index < -0.39 is 0 Å². The Bertz CT molecular complexity index is 595. The lowest BCUT2D eigenvalue weighted by Crippen LogP contribution is -2.07. The molecule has 0 unspecified atom stereocenters. The van der Waals surface area contributed by atoms with Crippen molar-refractivity contribution in [3.05, 3.63) is 42.2 Å². The Balaban J connectivity index is 2.21. The normalized spacial score (nSPS) is 10.8. The summed E-state index contributed by atoms with van der Waals surface area (Å²) in [6, 6.07) is 6.30. The van der Waals surface area contributed by atoms with Crippen molar-refractivity contribution in [3.8, 4) is 10.6 Å². The number of nitrogens with zero attached hydrogens (tertiary/aromatic N) is 2. The molecule has 1 N–H and O–H groups in total. The van der Waals surface area contributed by atoms with Crippen LogP contribution in [0.4, 0.5) is 9.52 Å². The molecule has 2 aromatic rings. The van der Waals surface area contributed by atoms with Gasteiger partial charge in [-0.1, -0.05) is 29.5 Å². The third kappa shape index (κ3) is 2.78. The van der Waals surface area contributed by atoms with E-state index in [4.69, 9.17) is 0 Å². The quantitative estimate of drug-likeness (QED) is 0.866. The molecule has 0 saturated heterocycles. The molecule has 0 saturated carbocycles. The lowest BCUT2D eigenvalue weighted by Gasteiger charge is -1.96. The fourth-order valence-corrected chi connectivity index (χ4v) is 2.09. The van der Waals surface area contributed by atoms with Gasteiger partial charge in [-0.2, -0.15) is 0 Å². The van der Waals surface area contributed by atoms with Gasteiger partial charge < -0.3 is 0 Å². The van der Waals surface area contributed by atoms with Gasteiger partial charge in [-0.15, -0.1) is 10.2 Å². The van der Waals surface area contributed by atoms with Crippen LogP contribution in [0.3, 0.4) is 0 Å². The van der Waals surface area contributed by atoms with Crippen LogP contribution in [0.15, 0.2) is 36.4 Å². The van der Waals surface area contributed by atoms with E-state index in [9.17, 15) is 9.18 Å². The number of nitrogens with one attached hydrogen (secondary N) is 1. The van der Waals surface area contributed by atoms with E-state index in [1.54, 1.807) is 31.2 Å². The molecule has 1 aromatic heterocycles. The number of amides is 1. The van der Waals surface area contributed by atoms with Gasteiger partial charge in [0.25, 0.3) is 0 Å². The van der Waals surface area contributed by atoms with E-state index in [0.717, 1.165) is 11.3 Å². The second kappa shape index (κ2) is 5.50. The number of hydrogen-bond acceptors (Lipinski definition) is 4. The molecule has 1 heterocycles. The van der Waals surface area contributed by atoms with Gasteiger partial charge in [-0.3, -0.25) is 10.1 Å². The summed E-state index contributed by atoms with van der Waals surface area (Å²) in [7, 11) is 0. The van der Waals surface area contributed by atoms with Crippen LogP contribution >= 0.6 is 11.3 Å². The summed E-state index contributed by atoms with van der Waals surface area (Å²) < 4.78 is 13.5. The van der Waals surface area contributed by atoms with Crippen LogP contribution in [0.25, 0.3) is 10.6 Å². The van der Waals surface area contributed by atoms with Gasteiger partial charge in [0.2, 0.25) is 11.0 Å². The average Bonchev–Trinajstić information content (AvgIpc) is 2.78. The summed E-state index contributed by atoms with van der Waals surface area (Å²) in [5.74, 6) is -0.645. The summed E-state index contributed by atoms with van der Waals surface area (Å²) >= 11 is 1.13. The van der Waals surface area contributed by atoms with Crippen LogP contribution in [0, 0.1) is 5.82 Å². The van der Waals surface area contributed by atoms with E-state index >= 15 is 0 Å². The molecule has 0 bridgehead atoms. The van der Waals surface area contributed by atoms with E-state index in [-0.39, 0.29) is 11.7 Å². The van der Waals surface area contributed by atoms with Crippen molar-refractivity contribution in [1.29, 1.82) is 0 Å². The first-order valence-corrected chi connectivity index (χ1v) is 6.04. The maximum atomic E-state index is 13.5. The highest BCUT2D eigenvalue weighted by Crippen LogP contribution is 2.28. The van der Waals surface area contributed by atoms with Crippen LogP contribution in [0.2, 0.25) is 0 Å². The second-order valence-electron chi connectivity index (χ2n) is 3.38. The summed E-state index contributed by atoms with van der Waals surface area (Å²) in [6.45, 7) is 1.74. The van der Waals surface area contributed by atoms with Gasteiger partial charge in [-0.05, 0) is 25.1 Å². The molecule has 0 radical (unpaired) electrons. The monoisotopic (exact) mass is 263 g/mol. The molecule has 18 heavy (non-hydrogen) atoms. The highest BCUT2D eigenvalue weighted by atomic mass is 32.1. The predicted octanol–water partition coefficient (Wildman–Crippen LogP) is 2.86. The van der Waals surface area contributed by atoms with Crippen LogP contribution < -0.4 is 5.32 Å². The van der Waals surface area contributed by atoms with E-state index in [1.165, 1.54) is 12.1 Å². The summed E-state index contributed by atoms with van der Waals surface area (Å²) in [5, 5.41) is 11.0. The lowest BCUT2D eigenvalue weighted by molar-refractivity contribution is -0.111. The van der Waals surface area contributed by atoms with Crippen LogP contribution in [-0.2, 0) is 4.79 Å². The number of rotatable bonds is 3. The second-order valence-corrected chi connectivity index (χ2v) is 4.36. The first-order chi connectivity index (χ1) is 8.70. The maximum absolute atomic E-state index is 13.5. The average molecular weight is 263 g/mol. The highest BCUT2D eigenvalue weighted by molar-refractivity contribution is 7.18. The number of carbonyl (C=O) groups is 1. The van der Waals surface area contributed by atoms with Gasteiger partial charge in [0.15, 0.2) is 5.01 Å². The van der Waals surface area contributed by atoms with E-state index in [2.05, 4.69) is 15.5 Å². The number of allylic oxidation sites excluding steroid dienone is 1. The molecular weight excluding hydrogens is 253 g/mol. The summed E-state index contributed by atoms with van der Waals surface area (Å²) in [6.07, 6.45) is 3.00. The molecule has 0 atom stereocenters. The van der Waals surface area contributed by atoms with E-state index in [0.29, 0.717) is 15.7 Å². The maximum Gasteiger partial charge on any atom is 0.249 e. The summed E-state index contributed by atoms with van der Waals surface area (Å²) in [5.41, 5.74) is 0.376. The molecular formula is C12H10FN3OS. The van der Waals surface area contributed by atoms with Gasteiger partial charge in [0.05, 0.1) is 0 Å². The molecule has 2 rings (SSSR count). The van der Waals surface area contributed by atoms with E-state index in [1.807, 2.05) is 0 Å². The molecule has 0 aliphatic heterocycles. The zero-order chi connectivity index (χ0) is 13.0. The standard InChI is InChI=1S/C12H10FN3OS/c1-2-5-10(17)14-12-16-15-11(18-12)8-6-3-4-7-9(8)13/h2-7H,1H3,(H,14,16,17)/b5-2+. The first-order valence-electron chi connectivity index (χ1n) is 5.23. The highest BCUT2D eigenvalue weighted by Gasteiger charge is 2.11. The smallest absolute Gasteiger partial charge is 0.249 e. The van der Waals surface area contributed by atoms with Gasteiger partial charge in [-0.25, -0.2) is 4.39 Å². The molecule has 1 amide bonds. The lowest BCUT2D eigenvalue weighted by atomic mass is 10.2. The van der Waals surface area contributed by atoms with Crippen molar-refractivity contribution in [1.82, 2.24) is 10.2 Å². The minimum absolute atomic E-state index is 0.284. The van der Waals surface area contributed by atoms with Gasteiger partial charge in [0.1, 0.15) is 5.82 Å². The van der Waals surface area contributed by atoms with Crippen LogP contribution in [-0.4, -0.2) is 16.1 Å². The molecule has 0 aliphatic rings. The third-order valence-corrected chi connectivity index (χ3v) is 2.95. The topological polar surface area (TPSA) is 54.9 Å². The number of anilines is 1.